The molecular weight excluding hydrogens is 359 g/mol. The van der Waals surface area contributed by atoms with Crippen LogP contribution >= 0.6 is 32.5 Å². The van der Waals surface area contributed by atoms with Gasteiger partial charge in [0.15, 0.2) is 2.96 Å². The molecule has 0 aliphatic heterocycles. The average Bonchev–Trinajstić information content (AvgIpc) is 2.34. The highest BCUT2D eigenvalue weighted by molar-refractivity contribution is 14.2. The fraction of sp³-hybridized carbons (Fsp3) is 0.333. The van der Waals surface area contributed by atoms with E-state index >= 15 is 0 Å². The van der Waals surface area contributed by atoms with Gasteiger partial charge in [-0.2, -0.15) is 0 Å². The molecule has 18 heavy (non-hydrogen) atoms. The Morgan fingerprint density at radius 3 is 2.33 bits per heavy atom. The van der Waals surface area contributed by atoms with E-state index in [1.54, 1.807) is 0 Å². The lowest BCUT2D eigenvalue weighted by Gasteiger charge is -2.11. The first-order valence-electron chi connectivity index (χ1n) is 5.35. The van der Waals surface area contributed by atoms with E-state index < -0.39 is 0 Å². The van der Waals surface area contributed by atoms with Crippen molar-refractivity contribution >= 4 is 51.9 Å². The van der Waals surface area contributed by atoms with Crippen LogP contribution in [0, 0.1) is 0 Å². The van der Waals surface area contributed by atoms with Crippen molar-refractivity contribution in [2.75, 3.05) is 23.9 Å². The van der Waals surface area contributed by atoms with E-state index in [9.17, 15) is 0 Å². The Labute approximate surface area is 122 Å². The molecule has 0 heterocycles. The molecule has 98 valence electrons. The zero-order chi connectivity index (χ0) is 13.5. The second-order valence-electron chi connectivity index (χ2n) is 3.77. The molecule has 0 saturated carbocycles. The van der Waals surface area contributed by atoms with Crippen molar-refractivity contribution in [3.8, 4) is 0 Å². The van der Waals surface area contributed by atoms with Crippen molar-refractivity contribution in [2.24, 2.45) is 10.2 Å². The van der Waals surface area contributed by atoms with Crippen LogP contribution in [0.5, 0.6) is 0 Å². The van der Waals surface area contributed by atoms with E-state index in [1.807, 2.05) is 45.3 Å². The van der Waals surface area contributed by atoms with Crippen molar-refractivity contribution in [2.45, 2.75) is 6.92 Å². The Morgan fingerprint density at radius 2 is 1.89 bits per heavy atom. The number of halogens is 1. The first-order chi connectivity index (χ1) is 8.52. The van der Waals surface area contributed by atoms with Crippen molar-refractivity contribution < 1.29 is 5.41 Å². The van der Waals surface area contributed by atoms with Gasteiger partial charge < -0.3 is 4.90 Å². The van der Waals surface area contributed by atoms with Crippen LogP contribution in [-0.4, -0.2) is 27.0 Å². The SMILES string of the molecule is CI=C(N=Nc1ccc(N(C)C)cc1)SC(C)=[NH2+]. The molecule has 0 aliphatic carbocycles. The molecule has 0 atom stereocenters. The minimum atomic E-state index is -0.0973. The van der Waals surface area contributed by atoms with Crippen LogP contribution in [0.25, 0.3) is 0 Å². The Balaban J connectivity index is 2.74. The lowest BCUT2D eigenvalue weighted by Crippen LogP contribution is -2.35. The van der Waals surface area contributed by atoms with Gasteiger partial charge >= 0.3 is 0 Å². The van der Waals surface area contributed by atoms with Crippen LogP contribution in [0.4, 0.5) is 11.4 Å². The standard InChI is InChI=1S/C12H17IN4S/c1-9(14)18-12(13-2)16-15-10-5-7-11(8-6-10)17(3)4/h5-8,14H,1-4H3/p+1. The molecule has 0 aliphatic rings. The Kier molecular flexibility index (Phi) is 6.48. The van der Waals surface area contributed by atoms with E-state index in [2.05, 4.69) is 20.1 Å². The molecule has 0 bridgehead atoms. The van der Waals surface area contributed by atoms with Gasteiger partial charge in [0.25, 0.3) is 0 Å². The minimum absolute atomic E-state index is 0.0973. The number of nitrogens with zero attached hydrogens (tertiary/aromatic N) is 3. The molecule has 0 spiro atoms. The zero-order valence-electron chi connectivity index (χ0n) is 11.0. The summed E-state index contributed by atoms with van der Waals surface area (Å²) < 4.78 is 1.03. The van der Waals surface area contributed by atoms with Gasteiger partial charge in [0, 0.05) is 38.5 Å². The zero-order valence-corrected chi connectivity index (χ0v) is 14.0. The molecule has 4 nitrogen and oxygen atoms in total. The van der Waals surface area contributed by atoms with Gasteiger partial charge in [-0.25, -0.2) is 0 Å². The highest BCUT2D eigenvalue weighted by atomic mass is 127. The van der Waals surface area contributed by atoms with Crippen molar-refractivity contribution in [1.82, 2.24) is 0 Å². The third-order valence-electron chi connectivity index (χ3n) is 2.02. The largest absolute Gasteiger partial charge is 0.378 e. The monoisotopic (exact) mass is 377 g/mol. The molecule has 0 aromatic heterocycles. The molecule has 1 rings (SSSR count). The van der Waals surface area contributed by atoms with Gasteiger partial charge in [0.1, 0.15) is 0 Å². The summed E-state index contributed by atoms with van der Waals surface area (Å²) in [5.74, 6) is 0. The summed E-state index contributed by atoms with van der Waals surface area (Å²) in [5, 5.41) is 15.0. The molecule has 1 aromatic carbocycles. The topological polar surface area (TPSA) is 53.5 Å². The Hall–Kier alpha value is -0.760. The first kappa shape index (κ1) is 15.3. The van der Waals surface area contributed by atoms with E-state index in [4.69, 9.17) is 5.41 Å². The maximum Gasteiger partial charge on any atom is 0.210 e. The number of benzene rings is 1. The van der Waals surface area contributed by atoms with Crippen LogP contribution in [0.1, 0.15) is 6.92 Å². The van der Waals surface area contributed by atoms with Crippen molar-refractivity contribution in [3.63, 3.8) is 0 Å². The minimum Gasteiger partial charge on any atom is -0.378 e. The van der Waals surface area contributed by atoms with Crippen LogP contribution in [0.2, 0.25) is 0 Å². The van der Waals surface area contributed by atoms with E-state index in [0.29, 0.717) is 0 Å². The smallest absolute Gasteiger partial charge is 0.210 e. The fourth-order valence-electron chi connectivity index (χ4n) is 1.14. The highest BCUT2D eigenvalue weighted by Gasteiger charge is 2.01. The third kappa shape index (κ3) is 5.26. The predicted molar refractivity (Wildman–Crippen MR) is 90.4 cm³/mol. The molecule has 0 amide bonds. The molecule has 0 radical (unpaired) electrons. The number of nitrogens with two attached hydrogens (primary N) is 1. The Bertz CT molecular complexity index is 465. The number of thioether (sulfide) groups is 1. The molecule has 0 unspecified atom stereocenters. The van der Waals surface area contributed by atoms with Crippen LogP contribution in [0.3, 0.4) is 0 Å². The van der Waals surface area contributed by atoms with Gasteiger partial charge in [0.2, 0.25) is 5.04 Å². The van der Waals surface area contributed by atoms with Gasteiger partial charge in [-0.1, -0.05) is 20.7 Å². The third-order valence-corrected chi connectivity index (χ3v) is 5.42. The molecule has 0 fully saturated rings. The predicted octanol–water partition coefficient (Wildman–Crippen LogP) is 2.43. The maximum atomic E-state index is 5.66. The summed E-state index contributed by atoms with van der Waals surface area (Å²) >= 11 is 1.42. The van der Waals surface area contributed by atoms with Crippen LogP contribution in [0.15, 0.2) is 34.5 Å². The summed E-state index contributed by atoms with van der Waals surface area (Å²) in [5.41, 5.74) is 2.02. The number of rotatable bonds is 4. The summed E-state index contributed by atoms with van der Waals surface area (Å²) in [6, 6.07) is 7.99. The second-order valence-corrected chi connectivity index (χ2v) is 7.83. The lowest BCUT2D eigenvalue weighted by atomic mass is 10.3. The molecule has 1 aromatic rings. The van der Waals surface area contributed by atoms with E-state index in [0.717, 1.165) is 19.4 Å². The second kappa shape index (κ2) is 7.63. The number of hydrogen-bond acceptors (Lipinski definition) is 4. The summed E-state index contributed by atoms with van der Waals surface area (Å²) in [6.07, 6.45) is 0. The van der Waals surface area contributed by atoms with E-state index in [-0.39, 0.29) is 20.7 Å². The quantitative estimate of drug-likeness (QED) is 0.288. The van der Waals surface area contributed by atoms with Gasteiger partial charge in [-0.15, -0.1) is 10.2 Å². The normalized spacial score (nSPS) is 12.3. The van der Waals surface area contributed by atoms with Gasteiger partial charge in [-0.05, 0) is 29.2 Å². The molecular formula is C12H18IN4S+. The molecule has 0 saturated heterocycles. The number of alkyl halides is 1. The Morgan fingerprint density at radius 1 is 1.28 bits per heavy atom. The summed E-state index contributed by atoms with van der Waals surface area (Å²) in [4.78, 5) is 4.21. The number of anilines is 1. The lowest BCUT2D eigenvalue weighted by molar-refractivity contribution is -0.109. The van der Waals surface area contributed by atoms with Crippen LogP contribution in [-0.2, 0) is 0 Å². The van der Waals surface area contributed by atoms with Gasteiger partial charge in [0.05, 0.1) is 5.69 Å². The van der Waals surface area contributed by atoms with Crippen molar-refractivity contribution in [3.05, 3.63) is 24.3 Å². The highest BCUT2D eigenvalue weighted by Crippen LogP contribution is 2.20. The maximum absolute atomic E-state index is 5.66. The summed E-state index contributed by atoms with van der Waals surface area (Å²) in [6.45, 7) is 1.88. The van der Waals surface area contributed by atoms with Gasteiger partial charge in [-0.3, -0.25) is 5.41 Å². The summed E-state index contributed by atoms with van der Waals surface area (Å²) in [7, 11) is 4.03. The van der Waals surface area contributed by atoms with Crippen molar-refractivity contribution in [1.29, 1.82) is 0 Å². The molecule has 6 heteroatoms. The van der Waals surface area contributed by atoms with Crippen LogP contribution < -0.4 is 10.3 Å². The fourth-order valence-corrected chi connectivity index (χ4v) is 3.59. The first-order valence-corrected chi connectivity index (χ1v) is 9.40. The average molecular weight is 377 g/mol. The molecule has 2 N–H and O–H groups in total. The number of azo groups is 1. The number of hydrogen-bond donors (Lipinski definition) is 1. The van der Waals surface area contributed by atoms with E-state index in [1.165, 1.54) is 11.8 Å².